The van der Waals surface area contributed by atoms with E-state index in [1.807, 2.05) is 4.90 Å². The van der Waals surface area contributed by atoms with Crippen molar-refractivity contribution in [2.75, 3.05) is 30.3 Å². The molecule has 1 aliphatic heterocycles. The molecule has 1 atom stereocenters. The van der Waals surface area contributed by atoms with E-state index in [1.54, 1.807) is 19.9 Å². The molecular weight excluding hydrogens is 249 g/mol. The van der Waals surface area contributed by atoms with Crippen LogP contribution in [-0.4, -0.2) is 31.6 Å². The molecule has 1 fully saturated rings. The monoisotopic (exact) mass is 267 g/mol. The van der Waals surface area contributed by atoms with E-state index in [-0.39, 0.29) is 17.7 Å². The Morgan fingerprint density at radius 2 is 2.32 bits per heavy atom. The summed E-state index contributed by atoms with van der Waals surface area (Å²) in [5.74, 6) is -0.393. The summed E-state index contributed by atoms with van der Waals surface area (Å²) in [5.41, 5.74) is 6.80. The minimum atomic E-state index is -0.489. The molecule has 5 nitrogen and oxygen atoms in total. The first-order chi connectivity index (χ1) is 9.04. The van der Waals surface area contributed by atoms with Gasteiger partial charge in [0.05, 0.1) is 18.0 Å². The highest BCUT2D eigenvalue weighted by Gasteiger charge is 2.27. The molecule has 0 aromatic heterocycles. The number of piperazine rings is 1. The maximum Gasteiger partial charge on any atom is 0.242 e. The quantitative estimate of drug-likeness (QED) is 0.806. The van der Waals surface area contributed by atoms with E-state index in [9.17, 15) is 9.18 Å². The van der Waals surface area contributed by atoms with Crippen LogP contribution in [0.25, 0.3) is 0 Å². The van der Waals surface area contributed by atoms with Crippen LogP contribution in [0.3, 0.4) is 0 Å². The third kappa shape index (κ3) is 2.57. The van der Waals surface area contributed by atoms with Crippen LogP contribution < -0.4 is 20.7 Å². The minimum Gasteiger partial charge on any atom is -0.491 e. The second kappa shape index (κ2) is 5.34. The molecule has 1 aliphatic rings. The average Bonchev–Trinajstić information content (AvgIpc) is 2.37. The predicted molar refractivity (Wildman–Crippen MR) is 71.8 cm³/mol. The third-order valence-electron chi connectivity index (χ3n) is 3.19. The lowest BCUT2D eigenvalue weighted by molar-refractivity contribution is -0.122. The molecule has 2 rings (SSSR count). The Hall–Kier alpha value is -1.98. The second-order valence-electron chi connectivity index (χ2n) is 4.43. The number of hydrogen-bond acceptors (Lipinski definition) is 4. The molecule has 0 spiro atoms. The van der Waals surface area contributed by atoms with Gasteiger partial charge in [-0.3, -0.25) is 4.79 Å². The largest absolute Gasteiger partial charge is 0.491 e. The van der Waals surface area contributed by atoms with Gasteiger partial charge < -0.3 is 20.7 Å². The van der Waals surface area contributed by atoms with Crippen molar-refractivity contribution in [3.8, 4) is 5.75 Å². The van der Waals surface area contributed by atoms with Crippen LogP contribution in [0.5, 0.6) is 5.75 Å². The predicted octanol–water partition coefficient (Wildman–Crippen LogP) is 1.13. The van der Waals surface area contributed by atoms with Gasteiger partial charge in [-0.1, -0.05) is 0 Å². The number of nitrogen functional groups attached to an aromatic ring is 1. The molecular formula is C13H18FN3O2. The van der Waals surface area contributed by atoms with Gasteiger partial charge in [0.2, 0.25) is 5.91 Å². The SMILES string of the molecule is CCOc1cc(N2CCNC(=O)C2C)c(N)cc1F. The Morgan fingerprint density at radius 3 is 3.00 bits per heavy atom. The lowest BCUT2D eigenvalue weighted by atomic mass is 10.1. The number of nitrogens with one attached hydrogen (secondary N) is 1. The minimum absolute atomic E-state index is 0.0621. The Labute approximate surface area is 111 Å². The molecule has 3 N–H and O–H groups in total. The number of hydrogen-bond donors (Lipinski definition) is 2. The van der Waals surface area contributed by atoms with Crippen LogP contribution in [-0.2, 0) is 4.79 Å². The number of rotatable bonds is 3. The summed E-state index contributed by atoms with van der Waals surface area (Å²) in [6.07, 6.45) is 0. The number of benzene rings is 1. The summed E-state index contributed by atoms with van der Waals surface area (Å²) in [6, 6.07) is 2.46. The fourth-order valence-corrected chi connectivity index (χ4v) is 2.18. The third-order valence-corrected chi connectivity index (χ3v) is 3.19. The summed E-state index contributed by atoms with van der Waals surface area (Å²) < 4.78 is 18.9. The normalized spacial score (nSPS) is 19.2. The molecule has 0 aliphatic carbocycles. The molecule has 0 saturated carbocycles. The van der Waals surface area contributed by atoms with E-state index in [1.165, 1.54) is 6.07 Å². The zero-order valence-corrected chi connectivity index (χ0v) is 11.1. The van der Waals surface area contributed by atoms with Gasteiger partial charge in [0.1, 0.15) is 6.04 Å². The van der Waals surface area contributed by atoms with Crippen molar-refractivity contribution in [2.45, 2.75) is 19.9 Å². The van der Waals surface area contributed by atoms with Crippen molar-refractivity contribution in [1.82, 2.24) is 5.32 Å². The van der Waals surface area contributed by atoms with Crippen molar-refractivity contribution in [2.24, 2.45) is 0 Å². The second-order valence-corrected chi connectivity index (χ2v) is 4.43. The fourth-order valence-electron chi connectivity index (χ4n) is 2.18. The number of carbonyl (C=O) groups excluding carboxylic acids is 1. The highest BCUT2D eigenvalue weighted by atomic mass is 19.1. The van der Waals surface area contributed by atoms with Gasteiger partial charge in [-0.15, -0.1) is 0 Å². The molecule has 1 amide bonds. The van der Waals surface area contributed by atoms with Crippen molar-refractivity contribution < 1.29 is 13.9 Å². The first kappa shape index (κ1) is 13.5. The van der Waals surface area contributed by atoms with Gasteiger partial charge in [-0.25, -0.2) is 4.39 Å². The fraction of sp³-hybridized carbons (Fsp3) is 0.462. The first-order valence-electron chi connectivity index (χ1n) is 6.30. The lowest BCUT2D eigenvalue weighted by Gasteiger charge is -2.35. The lowest BCUT2D eigenvalue weighted by Crippen LogP contribution is -2.54. The van der Waals surface area contributed by atoms with Crippen LogP contribution in [0.1, 0.15) is 13.8 Å². The van der Waals surface area contributed by atoms with Gasteiger partial charge in [-0.05, 0) is 13.8 Å². The van der Waals surface area contributed by atoms with Crippen LogP contribution in [0.2, 0.25) is 0 Å². The van der Waals surface area contributed by atoms with Crippen LogP contribution in [0, 0.1) is 5.82 Å². The van der Waals surface area contributed by atoms with E-state index in [4.69, 9.17) is 10.5 Å². The van der Waals surface area contributed by atoms with Gasteiger partial charge in [0.25, 0.3) is 0 Å². The Bertz CT molecular complexity index is 493. The van der Waals surface area contributed by atoms with E-state index in [0.717, 1.165) is 0 Å². The highest BCUT2D eigenvalue weighted by molar-refractivity contribution is 5.87. The maximum atomic E-state index is 13.7. The van der Waals surface area contributed by atoms with Gasteiger partial charge in [0, 0.05) is 25.2 Å². The molecule has 0 bridgehead atoms. The topological polar surface area (TPSA) is 67.6 Å². The van der Waals surface area contributed by atoms with Gasteiger partial charge in [0.15, 0.2) is 11.6 Å². The summed E-state index contributed by atoms with van der Waals surface area (Å²) in [5, 5.41) is 2.78. The number of nitrogens with two attached hydrogens (primary N) is 1. The average molecular weight is 267 g/mol. The Morgan fingerprint density at radius 1 is 1.58 bits per heavy atom. The molecule has 1 heterocycles. The highest BCUT2D eigenvalue weighted by Crippen LogP contribution is 2.32. The van der Waals surface area contributed by atoms with Gasteiger partial charge in [-0.2, -0.15) is 0 Å². The molecule has 1 aromatic rings. The van der Waals surface area contributed by atoms with Crippen molar-refractivity contribution >= 4 is 17.3 Å². The molecule has 1 unspecified atom stereocenters. The van der Waals surface area contributed by atoms with E-state index < -0.39 is 5.82 Å². The molecule has 1 aromatic carbocycles. The molecule has 19 heavy (non-hydrogen) atoms. The Kier molecular flexibility index (Phi) is 3.78. The number of carbonyl (C=O) groups is 1. The smallest absolute Gasteiger partial charge is 0.242 e. The van der Waals surface area contributed by atoms with Crippen LogP contribution in [0.15, 0.2) is 12.1 Å². The summed E-state index contributed by atoms with van der Waals surface area (Å²) in [4.78, 5) is 13.5. The van der Waals surface area contributed by atoms with E-state index in [0.29, 0.717) is 31.1 Å². The summed E-state index contributed by atoms with van der Waals surface area (Å²) >= 11 is 0. The Balaban J connectivity index is 2.37. The number of halogens is 1. The standard InChI is InChI=1S/C13H18FN3O2/c1-3-19-12-7-11(10(15)6-9(12)14)17-5-4-16-13(18)8(17)2/h6-8H,3-5,15H2,1-2H3,(H,16,18). The zero-order chi connectivity index (χ0) is 14.0. The van der Waals surface area contributed by atoms with Crippen LogP contribution >= 0.6 is 0 Å². The molecule has 104 valence electrons. The van der Waals surface area contributed by atoms with E-state index >= 15 is 0 Å². The molecule has 1 saturated heterocycles. The number of ether oxygens (including phenoxy) is 1. The zero-order valence-electron chi connectivity index (χ0n) is 11.1. The van der Waals surface area contributed by atoms with E-state index in [2.05, 4.69) is 5.32 Å². The maximum absolute atomic E-state index is 13.7. The van der Waals surface area contributed by atoms with Crippen LogP contribution in [0.4, 0.5) is 15.8 Å². The number of anilines is 2. The van der Waals surface area contributed by atoms with Gasteiger partial charge >= 0.3 is 0 Å². The van der Waals surface area contributed by atoms with Crippen molar-refractivity contribution in [1.29, 1.82) is 0 Å². The number of amides is 1. The molecule has 6 heteroatoms. The molecule has 0 radical (unpaired) electrons. The first-order valence-corrected chi connectivity index (χ1v) is 6.30. The summed E-state index contributed by atoms with van der Waals surface area (Å²) in [6.45, 7) is 5.12. The number of nitrogens with zero attached hydrogens (tertiary/aromatic N) is 1. The summed E-state index contributed by atoms with van der Waals surface area (Å²) in [7, 11) is 0. The van der Waals surface area contributed by atoms with Crippen molar-refractivity contribution in [3.63, 3.8) is 0 Å². The van der Waals surface area contributed by atoms with Crippen molar-refractivity contribution in [3.05, 3.63) is 17.9 Å².